The predicted octanol–water partition coefficient (Wildman–Crippen LogP) is 2.42. The smallest absolute Gasteiger partial charge is 0.342 e. The van der Waals surface area contributed by atoms with Crippen molar-refractivity contribution >= 4 is 17.6 Å². The van der Waals surface area contributed by atoms with Gasteiger partial charge in [-0.25, -0.2) is 4.79 Å². The number of fused-ring (bicyclic) bond motifs is 1. The highest BCUT2D eigenvalue weighted by atomic mass is 16.7. The fraction of sp³-hybridized carbons (Fsp3) is 0.250. The second kappa shape index (κ2) is 6.04. The summed E-state index contributed by atoms with van der Waals surface area (Å²) in [5.74, 6) is 1.21. The van der Waals surface area contributed by atoms with E-state index in [1.54, 1.807) is 38.1 Å². The van der Waals surface area contributed by atoms with Crippen LogP contribution >= 0.6 is 0 Å². The summed E-state index contributed by atoms with van der Waals surface area (Å²) in [7, 11) is 0. The van der Waals surface area contributed by atoms with Crippen LogP contribution in [-0.4, -0.2) is 25.3 Å². The van der Waals surface area contributed by atoms with Gasteiger partial charge in [-0.15, -0.1) is 0 Å². The Morgan fingerprint density at radius 2 is 1.96 bits per heavy atom. The third-order valence-corrected chi connectivity index (χ3v) is 3.25. The van der Waals surface area contributed by atoms with E-state index in [9.17, 15) is 9.59 Å². The van der Waals surface area contributed by atoms with Crippen LogP contribution in [0.2, 0.25) is 0 Å². The van der Waals surface area contributed by atoms with E-state index < -0.39 is 18.5 Å². The van der Waals surface area contributed by atoms with Gasteiger partial charge in [-0.2, -0.15) is 0 Å². The molecule has 23 heavy (non-hydrogen) atoms. The van der Waals surface area contributed by atoms with Crippen molar-refractivity contribution in [1.29, 1.82) is 0 Å². The Kier molecular flexibility index (Phi) is 3.92. The molecule has 2 heterocycles. The van der Waals surface area contributed by atoms with Crippen molar-refractivity contribution in [2.24, 2.45) is 0 Å². The number of amides is 1. The largest absolute Gasteiger partial charge is 0.466 e. The minimum Gasteiger partial charge on any atom is -0.466 e. The number of nitrogens with one attached hydrogen (secondary N) is 1. The highest BCUT2D eigenvalue weighted by molar-refractivity contribution is 5.96. The van der Waals surface area contributed by atoms with E-state index >= 15 is 0 Å². The van der Waals surface area contributed by atoms with E-state index in [0.717, 1.165) is 0 Å². The van der Waals surface area contributed by atoms with Gasteiger partial charge in [0.1, 0.15) is 17.1 Å². The predicted molar refractivity (Wildman–Crippen MR) is 79.7 cm³/mol. The number of ether oxygens (including phenoxy) is 3. The molecular formula is C16H15NO6. The first-order valence-corrected chi connectivity index (χ1v) is 6.96. The molecule has 1 aromatic carbocycles. The van der Waals surface area contributed by atoms with Crippen LogP contribution in [0.25, 0.3) is 0 Å². The van der Waals surface area contributed by atoms with E-state index in [1.807, 2.05) is 0 Å². The molecule has 2 aromatic rings. The maximum absolute atomic E-state index is 11.9. The first-order valence-electron chi connectivity index (χ1n) is 6.96. The number of rotatable bonds is 4. The zero-order valence-electron chi connectivity index (χ0n) is 12.7. The molecule has 3 rings (SSSR count). The van der Waals surface area contributed by atoms with Gasteiger partial charge in [-0.05, 0) is 32.0 Å². The van der Waals surface area contributed by atoms with Gasteiger partial charge in [-0.1, -0.05) is 0 Å². The van der Waals surface area contributed by atoms with E-state index in [4.69, 9.17) is 18.6 Å². The van der Waals surface area contributed by atoms with Crippen LogP contribution in [0.5, 0.6) is 11.5 Å². The molecular weight excluding hydrogens is 302 g/mol. The number of furan rings is 1. The standard InChI is InChI=1S/C16H15NO6/c1-9-5-12(10(2)23-9)16(19)20-7-15(18)17-11-3-4-13-14(6-11)22-8-21-13/h3-6H,7-8H2,1-2H3,(H,17,18). The van der Waals surface area contributed by atoms with Gasteiger partial charge in [0.2, 0.25) is 6.79 Å². The fourth-order valence-electron chi connectivity index (χ4n) is 2.21. The van der Waals surface area contributed by atoms with E-state index in [1.165, 1.54) is 0 Å². The van der Waals surface area contributed by atoms with Crippen molar-refractivity contribution in [2.45, 2.75) is 13.8 Å². The number of esters is 1. The number of benzene rings is 1. The molecule has 7 heteroatoms. The number of carbonyl (C=O) groups is 2. The molecule has 0 fully saturated rings. The Morgan fingerprint density at radius 1 is 1.17 bits per heavy atom. The van der Waals surface area contributed by atoms with Gasteiger partial charge in [0.25, 0.3) is 5.91 Å². The zero-order chi connectivity index (χ0) is 16.4. The summed E-state index contributed by atoms with van der Waals surface area (Å²) in [5.41, 5.74) is 0.851. The summed E-state index contributed by atoms with van der Waals surface area (Å²) in [6, 6.07) is 6.59. The lowest BCUT2D eigenvalue weighted by Gasteiger charge is -2.07. The summed E-state index contributed by atoms with van der Waals surface area (Å²) < 4.78 is 20.6. The molecule has 0 spiro atoms. The third kappa shape index (κ3) is 3.28. The van der Waals surface area contributed by atoms with Crippen molar-refractivity contribution in [3.05, 3.63) is 41.3 Å². The number of carbonyl (C=O) groups excluding carboxylic acids is 2. The van der Waals surface area contributed by atoms with Crippen molar-refractivity contribution in [1.82, 2.24) is 0 Å². The number of hydrogen-bond acceptors (Lipinski definition) is 6. The first-order chi connectivity index (χ1) is 11.0. The van der Waals surface area contributed by atoms with Crippen LogP contribution in [-0.2, 0) is 9.53 Å². The summed E-state index contributed by atoms with van der Waals surface area (Å²) in [6.07, 6.45) is 0. The molecule has 0 saturated heterocycles. The summed E-state index contributed by atoms with van der Waals surface area (Å²) >= 11 is 0. The Bertz CT molecular complexity index is 764. The van der Waals surface area contributed by atoms with Gasteiger partial charge in [0, 0.05) is 11.8 Å². The minimum absolute atomic E-state index is 0.161. The van der Waals surface area contributed by atoms with E-state index in [2.05, 4.69) is 5.32 Å². The molecule has 120 valence electrons. The van der Waals surface area contributed by atoms with Crippen molar-refractivity contribution in [2.75, 3.05) is 18.7 Å². The normalized spacial score (nSPS) is 12.1. The monoisotopic (exact) mass is 317 g/mol. The fourth-order valence-corrected chi connectivity index (χ4v) is 2.21. The lowest BCUT2D eigenvalue weighted by molar-refractivity contribution is -0.119. The van der Waals surface area contributed by atoms with Crippen LogP contribution in [0.3, 0.4) is 0 Å². The van der Waals surface area contributed by atoms with Gasteiger partial charge in [0.15, 0.2) is 18.1 Å². The van der Waals surface area contributed by atoms with Gasteiger partial charge in [-0.3, -0.25) is 4.79 Å². The highest BCUT2D eigenvalue weighted by Crippen LogP contribution is 2.34. The molecule has 0 radical (unpaired) electrons. The lowest BCUT2D eigenvalue weighted by Crippen LogP contribution is -2.21. The SMILES string of the molecule is Cc1cc(C(=O)OCC(=O)Nc2ccc3c(c2)OCO3)c(C)o1. The van der Waals surface area contributed by atoms with E-state index in [-0.39, 0.29) is 6.79 Å². The van der Waals surface area contributed by atoms with Gasteiger partial charge >= 0.3 is 5.97 Å². The molecule has 1 aromatic heterocycles. The average molecular weight is 317 g/mol. The number of hydrogen-bond donors (Lipinski definition) is 1. The number of anilines is 1. The maximum atomic E-state index is 11.9. The quantitative estimate of drug-likeness (QED) is 0.871. The maximum Gasteiger partial charge on any atom is 0.342 e. The second-order valence-corrected chi connectivity index (χ2v) is 5.02. The lowest BCUT2D eigenvalue weighted by atomic mass is 10.2. The van der Waals surface area contributed by atoms with Gasteiger partial charge < -0.3 is 23.9 Å². The van der Waals surface area contributed by atoms with Crippen LogP contribution < -0.4 is 14.8 Å². The number of aryl methyl sites for hydroxylation is 2. The van der Waals surface area contributed by atoms with Crippen LogP contribution in [0.15, 0.2) is 28.7 Å². The average Bonchev–Trinajstić information content (AvgIpc) is 3.10. The minimum atomic E-state index is -0.597. The van der Waals surface area contributed by atoms with Crippen LogP contribution in [0.4, 0.5) is 5.69 Å². The van der Waals surface area contributed by atoms with Crippen LogP contribution in [0, 0.1) is 13.8 Å². The molecule has 0 saturated carbocycles. The summed E-state index contributed by atoms with van der Waals surface area (Å²) in [6.45, 7) is 3.16. The molecule has 0 bridgehead atoms. The molecule has 1 amide bonds. The second-order valence-electron chi connectivity index (χ2n) is 5.02. The molecule has 0 atom stereocenters. The molecule has 0 unspecified atom stereocenters. The molecule has 7 nitrogen and oxygen atoms in total. The Hall–Kier alpha value is -2.96. The summed E-state index contributed by atoms with van der Waals surface area (Å²) in [5, 5.41) is 2.62. The van der Waals surface area contributed by atoms with Crippen molar-refractivity contribution < 1.29 is 28.2 Å². The molecule has 1 aliphatic heterocycles. The Morgan fingerprint density at radius 3 is 2.70 bits per heavy atom. The Balaban J connectivity index is 1.55. The van der Waals surface area contributed by atoms with Crippen molar-refractivity contribution in [3.63, 3.8) is 0 Å². The first kappa shape index (κ1) is 15.0. The molecule has 0 aliphatic carbocycles. The molecule has 1 aliphatic rings. The molecule has 1 N–H and O–H groups in total. The third-order valence-electron chi connectivity index (χ3n) is 3.25. The van der Waals surface area contributed by atoms with Gasteiger partial charge in [0.05, 0.1) is 0 Å². The Labute approximate surface area is 132 Å². The highest BCUT2D eigenvalue weighted by Gasteiger charge is 2.17. The zero-order valence-corrected chi connectivity index (χ0v) is 12.7. The van der Waals surface area contributed by atoms with Crippen LogP contribution in [0.1, 0.15) is 21.9 Å². The van der Waals surface area contributed by atoms with Crippen molar-refractivity contribution in [3.8, 4) is 11.5 Å². The topological polar surface area (TPSA) is 87.0 Å². The van der Waals surface area contributed by atoms with E-state index in [0.29, 0.717) is 34.3 Å². The summed E-state index contributed by atoms with van der Waals surface area (Å²) in [4.78, 5) is 23.7.